The highest BCUT2D eigenvalue weighted by Gasteiger charge is 2.36. The summed E-state index contributed by atoms with van der Waals surface area (Å²) < 4.78 is 12.6. The Labute approximate surface area is 375 Å². The molecule has 0 heterocycles. The summed E-state index contributed by atoms with van der Waals surface area (Å²) in [5.74, 6) is -9.20. The number of carbonyl (C=O) groups excluding carboxylic acids is 10. The van der Waals surface area contributed by atoms with Crippen LogP contribution in [0.1, 0.15) is 78.7 Å². The molecule has 0 fully saturated rings. The lowest BCUT2D eigenvalue weighted by atomic mass is 9.96. The summed E-state index contributed by atoms with van der Waals surface area (Å²) in [7, 11) is 1.22. The molecule has 23 nitrogen and oxygen atoms in total. The first-order chi connectivity index (χ1) is 29.8. The molecule has 0 spiro atoms. The van der Waals surface area contributed by atoms with Crippen LogP contribution in [0, 0.1) is 5.92 Å². The average molecular weight is 924 g/mol. The molecule has 1 rings (SSSR count). The SMILES string of the molecule is CCC[S+]([O-])CC[C@H](NC(=O)[C@H](CC(N)=O)NC(=O)[C@H](CCC(N)=O)NC(=O)[C@@H](NC(=O)[C@H](N)Cc1ccc(O)cc1)[C@@H](C)CC)C(=O)N(C)CC(=O)NC(C)(C)C(=O)NCC(N)=O. The molecular weight excluding hydrogens is 859 g/mol. The predicted molar refractivity (Wildman–Crippen MR) is 234 cm³/mol. The molecule has 64 heavy (non-hydrogen) atoms. The molecule has 24 heteroatoms. The van der Waals surface area contributed by atoms with E-state index in [1.54, 1.807) is 32.9 Å². The predicted octanol–water partition coefficient (Wildman–Crippen LogP) is -4.11. The smallest absolute Gasteiger partial charge is 0.245 e. The summed E-state index contributed by atoms with van der Waals surface area (Å²) in [6.45, 7) is 6.75. The van der Waals surface area contributed by atoms with E-state index in [1.807, 2.05) is 0 Å². The van der Waals surface area contributed by atoms with Crippen LogP contribution in [-0.2, 0) is 65.5 Å². The van der Waals surface area contributed by atoms with Gasteiger partial charge in [-0.15, -0.1) is 0 Å². The van der Waals surface area contributed by atoms with Crippen molar-refractivity contribution < 1.29 is 57.6 Å². The van der Waals surface area contributed by atoms with E-state index in [0.717, 1.165) is 4.90 Å². The second-order valence-electron chi connectivity index (χ2n) is 15.9. The quantitative estimate of drug-likeness (QED) is 0.0341. The fraction of sp³-hybridized carbons (Fsp3) is 0.600. The van der Waals surface area contributed by atoms with Crippen LogP contribution in [0.4, 0.5) is 0 Å². The van der Waals surface area contributed by atoms with Crippen molar-refractivity contribution in [1.29, 1.82) is 0 Å². The van der Waals surface area contributed by atoms with Crippen molar-refractivity contribution in [2.24, 2.45) is 28.9 Å². The van der Waals surface area contributed by atoms with Gasteiger partial charge in [0.2, 0.25) is 59.1 Å². The van der Waals surface area contributed by atoms with Gasteiger partial charge in [-0.1, -0.05) is 50.5 Å². The number of hydrogen-bond donors (Lipinski definition) is 11. The van der Waals surface area contributed by atoms with E-state index in [2.05, 4.69) is 31.9 Å². The number of benzene rings is 1. The van der Waals surface area contributed by atoms with Crippen LogP contribution in [0.2, 0.25) is 0 Å². The van der Waals surface area contributed by atoms with Crippen molar-refractivity contribution in [3.8, 4) is 5.75 Å². The number of hydrogen-bond acceptors (Lipinski definition) is 13. The van der Waals surface area contributed by atoms with Crippen molar-refractivity contribution >= 4 is 70.2 Å². The zero-order valence-electron chi connectivity index (χ0n) is 37.2. The van der Waals surface area contributed by atoms with Crippen molar-refractivity contribution in [1.82, 2.24) is 36.8 Å². The minimum absolute atomic E-state index is 0.0146. The lowest BCUT2D eigenvalue weighted by molar-refractivity contribution is -0.140. The van der Waals surface area contributed by atoms with Gasteiger partial charge in [0, 0.05) is 19.9 Å². The number of carbonyl (C=O) groups is 10. The van der Waals surface area contributed by atoms with Crippen LogP contribution >= 0.6 is 0 Å². The van der Waals surface area contributed by atoms with Crippen molar-refractivity contribution in [3.05, 3.63) is 29.8 Å². The number of likely N-dealkylation sites (N-methyl/N-ethyl adjacent to an activating group) is 1. The first-order valence-corrected chi connectivity index (χ1v) is 22.1. The number of nitrogens with zero attached hydrogens (tertiary/aromatic N) is 1. The van der Waals surface area contributed by atoms with E-state index < -0.39 is 138 Å². The molecule has 0 bridgehead atoms. The molecule has 0 saturated carbocycles. The third-order valence-electron chi connectivity index (χ3n) is 9.75. The Balaban J connectivity index is 3.34. The maximum atomic E-state index is 13.8. The van der Waals surface area contributed by atoms with Gasteiger partial charge >= 0.3 is 0 Å². The summed E-state index contributed by atoms with van der Waals surface area (Å²) in [6.07, 6.45) is -0.874. The van der Waals surface area contributed by atoms with Gasteiger partial charge in [0.1, 0.15) is 47.0 Å². The zero-order valence-corrected chi connectivity index (χ0v) is 38.0. The number of rotatable bonds is 29. The normalized spacial score (nSPS) is 14.4. The summed E-state index contributed by atoms with van der Waals surface area (Å²) in [4.78, 5) is 130. The van der Waals surface area contributed by atoms with Gasteiger partial charge in [0.05, 0.1) is 25.6 Å². The highest BCUT2D eigenvalue weighted by Crippen LogP contribution is 2.14. The zero-order chi connectivity index (χ0) is 48.9. The Bertz CT molecular complexity index is 1820. The molecule has 1 unspecified atom stereocenters. The van der Waals surface area contributed by atoms with E-state index >= 15 is 0 Å². The largest absolute Gasteiger partial charge is 0.616 e. The Morgan fingerprint density at radius 3 is 1.91 bits per heavy atom. The molecule has 0 aliphatic rings. The Morgan fingerprint density at radius 1 is 0.781 bits per heavy atom. The summed E-state index contributed by atoms with van der Waals surface area (Å²) in [5.41, 5.74) is 21.1. The lowest BCUT2D eigenvalue weighted by Gasteiger charge is -2.29. The summed E-state index contributed by atoms with van der Waals surface area (Å²) >= 11 is -1.43. The number of amides is 10. The fourth-order valence-electron chi connectivity index (χ4n) is 5.94. The molecule has 0 aliphatic heterocycles. The van der Waals surface area contributed by atoms with E-state index in [9.17, 15) is 57.6 Å². The van der Waals surface area contributed by atoms with E-state index in [-0.39, 0.29) is 36.5 Å². The van der Waals surface area contributed by atoms with Crippen LogP contribution in [-0.4, -0.2) is 141 Å². The Morgan fingerprint density at radius 2 is 1.36 bits per heavy atom. The number of nitrogens with two attached hydrogens (primary N) is 4. The Kier molecular flexibility index (Phi) is 23.8. The highest BCUT2D eigenvalue weighted by atomic mass is 32.2. The highest BCUT2D eigenvalue weighted by molar-refractivity contribution is 7.91. The lowest BCUT2D eigenvalue weighted by Crippen LogP contribution is -2.60. The minimum atomic E-state index is -1.77. The summed E-state index contributed by atoms with van der Waals surface area (Å²) in [5, 5.41) is 24.1. The Hall–Kier alpha value is -6.01. The molecule has 1 aromatic rings. The van der Waals surface area contributed by atoms with Crippen LogP contribution < -0.4 is 54.8 Å². The molecular formula is C40H65N11O12S. The van der Waals surface area contributed by atoms with Gasteiger partial charge in [0.25, 0.3) is 0 Å². The maximum absolute atomic E-state index is 13.8. The van der Waals surface area contributed by atoms with Gasteiger partial charge in [-0.25, -0.2) is 0 Å². The molecule has 358 valence electrons. The van der Waals surface area contributed by atoms with Crippen molar-refractivity contribution in [2.75, 3.05) is 31.6 Å². The molecule has 15 N–H and O–H groups in total. The third-order valence-corrected chi connectivity index (χ3v) is 11.3. The van der Waals surface area contributed by atoms with Gasteiger partial charge in [-0.2, -0.15) is 0 Å². The van der Waals surface area contributed by atoms with Crippen molar-refractivity contribution in [3.63, 3.8) is 0 Å². The third kappa shape index (κ3) is 20.4. The first-order valence-electron chi connectivity index (χ1n) is 20.6. The van der Waals surface area contributed by atoms with Gasteiger partial charge in [0.15, 0.2) is 0 Å². The topological polar surface area (TPSA) is 393 Å². The number of primary amides is 3. The minimum Gasteiger partial charge on any atom is -0.616 e. The number of phenolic OH excluding ortho intramolecular Hbond substituents is 1. The molecule has 0 radical (unpaired) electrons. The van der Waals surface area contributed by atoms with Crippen LogP contribution in [0.15, 0.2) is 24.3 Å². The van der Waals surface area contributed by atoms with Crippen molar-refractivity contribution in [2.45, 2.75) is 115 Å². The molecule has 10 amide bonds. The number of aromatic hydroxyl groups is 1. The van der Waals surface area contributed by atoms with E-state index in [1.165, 1.54) is 33.0 Å². The van der Waals surface area contributed by atoms with Gasteiger partial charge < -0.3 is 69.4 Å². The molecule has 0 saturated heterocycles. The van der Waals surface area contributed by atoms with E-state index in [0.29, 0.717) is 18.4 Å². The molecule has 7 atom stereocenters. The molecule has 0 aliphatic carbocycles. The van der Waals surface area contributed by atoms with Crippen LogP contribution in [0.25, 0.3) is 0 Å². The van der Waals surface area contributed by atoms with Gasteiger partial charge in [-0.3, -0.25) is 47.9 Å². The second kappa shape index (κ2) is 27.2. The fourth-order valence-corrected chi connectivity index (χ4v) is 7.10. The van der Waals surface area contributed by atoms with Gasteiger partial charge in [-0.05, 0) is 56.7 Å². The standard InChI is InChI=1S/C40H65N11O12S/c1-7-16-64(63)17-15-27(38(61)51(6)21-32(56)50-40(4,5)39(62)45-20-31(44)55)47-36(59)28(19-30(43)54)48-35(58)26(13-14-29(42)53)46-37(60)33(22(3)8-2)49-34(57)25(41)18-23-9-11-24(52)12-10-23/h9-12,22,25-28,33,52H,7-8,13-21,41H2,1-6H3,(H2,42,53)(H2,43,54)(H2,44,55)(H,45,62)(H,46,60)(H,47,59)(H,48,58)(H,49,57)(H,50,56)/t22-,25+,26-,27-,28-,33-,64?/m0/s1. The van der Waals surface area contributed by atoms with Crippen LogP contribution in [0.5, 0.6) is 5.75 Å². The average Bonchev–Trinajstić information content (AvgIpc) is 3.21. The first kappa shape index (κ1) is 56.0. The van der Waals surface area contributed by atoms with Crippen LogP contribution in [0.3, 0.4) is 0 Å². The van der Waals surface area contributed by atoms with E-state index in [4.69, 9.17) is 22.9 Å². The summed E-state index contributed by atoms with van der Waals surface area (Å²) in [6, 6.07) is -1.18. The molecule has 0 aromatic heterocycles. The number of nitrogens with one attached hydrogen (secondary N) is 6. The maximum Gasteiger partial charge on any atom is 0.245 e. The second-order valence-corrected chi connectivity index (χ2v) is 17.6. The monoisotopic (exact) mass is 923 g/mol. The molecule has 1 aromatic carbocycles. The number of phenols is 1.